The van der Waals surface area contributed by atoms with E-state index in [1.807, 2.05) is 0 Å². The molecule has 1 aromatic carbocycles. The maximum absolute atomic E-state index is 12.0. The van der Waals surface area contributed by atoms with Crippen LogP contribution in [0.2, 0.25) is 0 Å². The standard InChI is InChI=1S/C10H10BrF2NO4S/c1-5-2-6(10(15)16)3-7(9(5)11)19(17,18)14-4-8(12)13/h2-3,8,14H,4H2,1H3,(H,15,16). The van der Waals surface area contributed by atoms with Gasteiger partial charge in [-0.15, -0.1) is 0 Å². The second kappa shape index (κ2) is 5.93. The van der Waals surface area contributed by atoms with E-state index in [9.17, 15) is 22.0 Å². The Labute approximate surface area is 116 Å². The number of sulfonamides is 1. The lowest BCUT2D eigenvalue weighted by molar-refractivity contribution is 0.0696. The molecule has 0 aliphatic rings. The molecule has 0 amide bonds. The van der Waals surface area contributed by atoms with E-state index >= 15 is 0 Å². The monoisotopic (exact) mass is 357 g/mol. The molecule has 19 heavy (non-hydrogen) atoms. The summed E-state index contributed by atoms with van der Waals surface area (Å²) in [5, 5.41) is 8.86. The van der Waals surface area contributed by atoms with Gasteiger partial charge in [0.2, 0.25) is 10.0 Å². The molecule has 0 unspecified atom stereocenters. The molecule has 0 spiro atoms. The van der Waals surface area contributed by atoms with Gasteiger partial charge in [0.05, 0.1) is 17.0 Å². The van der Waals surface area contributed by atoms with Crippen molar-refractivity contribution < 1.29 is 27.1 Å². The van der Waals surface area contributed by atoms with Gasteiger partial charge in [-0.2, -0.15) is 0 Å². The van der Waals surface area contributed by atoms with Crippen molar-refractivity contribution in [2.75, 3.05) is 6.54 Å². The summed E-state index contributed by atoms with van der Waals surface area (Å²) in [5.41, 5.74) is 0.135. The van der Waals surface area contributed by atoms with Crippen molar-refractivity contribution >= 4 is 31.9 Å². The zero-order chi connectivity index (χ0) is 14.8. The van der Waals surface area contributed by atoms with Gasteiger partial charge >= 0.3 is 5.97 Å². The first-order valence-electron chi connectivity index (χ1n) is 4.96. The molecule has 0 heterocycles. The molecule has 0 fully saturated rings. The van der Waals surface area contributed by atoms with Crippen LogP contribution in [0, 0.1) is 6.92 Å². The maximum atomic E-state index is 12.0. The highest BCUT2D eigenvalue weighted by molar-refractivity contribution is 9.10. The van der Waals surface area contributed by atoms with E-state index in [1.54, 1.807) is 4.72 Å². The van der Waals surface area contributed by atoms with Crippen LogP contribution in [-0.4, -0.2) is 32.5 Å². The average molecular weight is 358 g/mol. The molecule has 0 atom stereocenters. The Morgan fingerprint density at radius 2 is 2.05 bits per heavy atom. The third-order valence-corrected chi connectivity index (χ3v) is 4.95. The molecule has 0 bridgehead atoms. The van der Waals surface area contributed by atoms with Crippen molar-refractivity contribution in [1.29, 1.82) is 0 Å². The van der Waals surface area contributed by atoms with Crippen LogP contribution >= 0.6 is 15.9 Å². The minimum Gasteiger partial charge on any atom is -0.478 e. The molecule has 0 radical (unpaired) electrons. The van der Waals surface area contributed by atoms with Crippen LogP contribution in [0.5, 0.6) is 0 Å². The van der Waals surface area contributed by atoms with Gasteiger partial charge in [-0.05, 0) is 40.5 Å². The summed E-state index contributed by atoms with van der Waals surface area (Å²) in [6.07, 6.45) is -2.84. The van der Waals surface area contributed by atoms with Crippen LogP contribution < -0.4 is 4.72 Å². The highest BCUT2D eigenvalue weighted by Gasteiger charge is 2.22. The molecule has 5 nitrogen and oxygen atoms in total. The van der Waals surface area contributed by atoms with Crippen LogP contribution in [-0.2, 0) is 10.0 Å². The van der Waals surface area contributed by atoms with Crippen LogP contribution in [0.4, 0.5) is 8.78 Å². The topological polar surface area (TPSA) is 83.5 Å². The first kappa shape index (κ1) is 16.0. The largest absolute Gasteiger partial charge is 0.478 e. The number of carboxylic acids is 1. The predicted molar refractivity (Wildman–Crippen MR) is 67.0 cm³/mol. The number of halogens is 3. The number of carboxylic acid groups (broad SMARTS) is 1. The van der Waals surface area contributed by atoms with Gasteiger partial charge in [-0.25, -0.2) is 26.7 Å². The molecule has 9 heteroatoms. The van der Waals surface area contributed by atoms with Gasteiger partial charge in [0.25, 0.3) is 6.43 Å². The molecule has 0 saturated heterocycles. The number of alkyl halides is 2. The second-order valence-corrected chi connectivity index (χ2v) is 6.18. The lowest BCUT2D eigenvalue weighted by atomic mass is 10.1. The highest BCUT2D eigenvalue weighted by Crippen LogP contribution is 2.27. The van der Waals surface area contributed by atoms with Crippen LogP contribution in [0.25, 0.3) is 0 Å². The first-order chi connectivity index (χ1) is 8.65. The first-order valence-corrected chi connectivity index (χ1v) is 7.24. The molecule has 0 aliphatic carbocycles. The number of benzene rings is 1. The number of aromatic carboxylic acids is 1. The molecule has 0 saturated carbocycles. The Balaban J connectivity index is 3.29. The highest BCUT2D eigenvalue weighted by atomic mass is 79.9. The van der Waals surface area contributed by atoms with Gasteiger partial charge < -0.3 is 5.11 Å². The summed E-state index contributed by atoms with van der Waals surface area (Å²) < 4.78 is 49.6. The van der Waals surface area contributed by atoms with Crippen molar-refractivity contribution in [3.63, 3.8) is 0 Å². The van der Waals surface area contributed by atoms with E-state index in [2.05, 4.69) is 15.9 Å². The summed E-state index contributed by atoms with van der Waals surface area (Å²) in [6.45, 7) is 0.466. The number of aryl methyl sites for hydroxylation is 1. The number of rotatable bonds is 5. The Kier molecular flexibility index (Phi) is 4.99. The Bertz CT molecular complexity index is 604. The summed E-state index contributed by atoms with van der Waals surface area (Å²) in [7, 11) is -4.20. The second-order valence-electron chi connectivity index (χ2n) is 3.65. The number of carbonyl (C=O) groups is 1. The quantitative estimate of drug-likeness (QED) is 0.844. The van der Waals surface area contributed by atoms with Crippen LogP contribution in [0.15, 0.2) is 21.5 Å². The fourth-order valence-corrected chi connectivity index (χ4v) is 3.35. The van der Waals surface area contributed by atoms with E-state index in [0.717, 1.165) is 6.07 Å². The summed E-state index contributed by atoms with van der Waals surface area (Å²) in [5.74, 6) is -1.30. The lowest BCUT2D eigenvalue weighted by Crippen LogP contribution is -2.29. The van der Waals surface area contributed by atoms with Crippen molar-refractivity contribution in [2.24, 2.45) is 0 Å². The summed E-state index contributed by atoms with van der Waals surface area (Å²) in [4.78, 5) is 10.5. The Morgan fingerprint density at radius 1 is 1.47 bits per heavy atom. The fourth-order valence-electron chi connectivity index (χ4n) is 1.31. The van der Waals surface area contributed by atoms with Crippen molar-refractivity contribution in [2.45, 2.75) is 18.2 Å². The van der Waals surface area contributed by atoms with Gasteiger partial charge in [-0.1, -0.05) is 0 Å². The van der Waals surface area contributed by atoms with Gasteiger partial charge in [0, 0.05) is 4.47 Å². The Hall–Kier alpha value is -1.06. The fraction of sp³-hybridized carbons (Fsp3) is 0.300. The van der Waals surface area contributed by atoms with Gasteiger partial charge in [0.15, 0.2) is 0 Å². The third-order valence-electron chi connectivity index (χ3n) is 2.19. The summed E-state index contributed by atoms with van der Waals surface area (Å²) in [6, 6.07) is 2.19. The minimum absolute atomic E-state index is 0.138. The molecule has 106 valence electrons. The zero-order valence-corrected chi connectivity index (χ0v) is 12.1. The van der Waals surface area contributed by atoms with E-state index < -0.39 is 29.0 Å². The maximum Gasteiger partial charge on any atom is 0.335 e. The number of hydrogen-bond acceptors (Lipinski definition) is 3. The number of hydrogen-bond donors (Lipinski definition) is 2. The molecule has 0 aliphatic heterocycles. The van der Waals surface area contributed by atoms with Crippen LogP contribution in [0.1, 0.15) is 15.9 Å². The normalized spacial score (nSPS) is 11.8. The average Bonchev–Trinajstić information content (AvgIpc) is 2.29. The molecule has 2 N–H and O–H groups in total. The molecule has 1 aromatic rings. The molecule has 0 aromatic heterocycles. The van der Waals surface area contributed by atoms with E-state index in [0.29, 0.717) is 5.56 Å². The molecular formula is C10H10BrF2NO4S. The molecular weight excluding hydrogens is 348 g/mol. The third kappa shape index (κ3) is 3.95. The van der Waals surface area contributed by atoms with E-state index in [1.165, 1.54) is 13.0 Å². The SMILES string of the molecule is Cc1cc(C(=O)O)cc(S(=O)(=O)NCC(F)F)c1Br. The van der Waals surface area contributed by atoms with Crippen LogP contribution in [0.3, 0.4) is 0 Å². The van der Waals surface area contributed by atoms with Crippen molar-refractivity contribution in [1.82, 2.24) is 4.72 Å². The summed E-state index contributed by atoms with van der Waals surface area (Å²) >= 11 is 3.01. The lowest BCUT2D eigenvalue weighted by Gasteiger charge is -2.11. The van der Waals surface area contributed by atoms with Gasteiger partial charge in [-0.3, -0.25) is 0 Å². The predicted octanol–water partition coefficient (Wildman–Crippen LogP) is 2.00. The smallest absolute Gasteiger partial charge is 0.335 e. The molecule has 1 rings (SSSR count). The Morgan fingerprint density at radius 3 is 2.53 bits per heavy atom. The van der Waals surface area contributed by atoms with E-state index in [-0.39, 0.29) is 14.9 Å². The number of nitrogens with one attached hydrogen (secondary N) is 1. The van der Waals surface area contributed by atoms with Crippen molar-refractivity contribution in [3.05, 3.63) is 27.7 Å². The van der Waals surface area contributed by atoms with E-state index in [4.69, 9.17) is 5.11 Å². The minimum atomic E-state index is -4.20. The zero-order valence-electron chi connectivity index (χ0n) is 9.65. The van der Waals surface area contributed by atoms with Gasteiger partial charge in [0.1, 0.15) is 0 Å². The van der Waals surface area contributed by atoms with Crippen molar-refractivity contribution in [3.8, 4) is 0 Å².